The van der Waals surface area contributed by atoms with Crippen LogP contribution in [0.4, 0.5) is 11.4 Å². The van der Waals surface area contributed by atoms with Gasteiger partial charge in [0.05, 0.1) is 48.7 Å². The van der Waals surface area contributed by atoms with E-state index in [1.165, 1.54) is 29.0 Å². The zero-order chi connectivity index (χ0) is 30.8. The summed E-state index contributed by atoms with van der Waals surface area (Å²) in [5, 5.41) is 17.0. The highest BCUT2D eigenvalue weighted by Gasteiger charge is 2.43. The first-order valence-electron chi connectivity index (χ1n) is 13.3. The van der Waals surface area contributed by atoms with E-state index in [4.69, 9.17) is 4.74 Å². The molecule has 0 spiro atoms. The van der Waals surface area contributed by atoms with Crippen LogP contribution >= 0.6 is 0 Å². The number of nitriles is 1. The number of likely N-dealkylation sites (N-methyl/N-ethyl adjacent to an activating group) is 1. The Kier molecular flexibility index (Phi) is 8.84. The number of anilines is 2. The molecule has 1 aliphatic heterocycles. The number of benzene rings is 3. The summed E-state index contributed by atoms with van der Waals surface area (Å²) in [5.74, 6) is -2.09. The molecule has 3 aromatic carbocycles. The van der Waals surface area contributed by atoms with Crippen molar-refractivity contribution < 1.29 is 27.5 Å². The Bertz CT molecular complexity index is 1700. The van der Waals surface area contributed by atoms with Gasteiger partial charge in [0.25, 0.3) is 5.91 Å². The highest BCUT2D eigenvalue weighted by molar-refractivity contribution is 7.91. The van der Waals surface area contributed by atoms with E-state index >= 15 is 0 Å². The molecule has 3 amide bonds. The molecule has 42 heavy (non-hydrogen) atoms. The highest BCUT2D eigenvalue weighted by atomic mass is 32.2. The molecule has 1 aliphatic rings. The molecule has 11 nitrogen and oxygen atoms in total. The highest BCUT2D eigenvalue weighted by Crippen LogP contribution is 2.39. The lowest BCUT2D eigenvalue weighted by atomic mass is 10.0. The molecule has 0 saturated carbocycles. The maximum absolute atomic E-state index is 14.4. The fourth-order valence-electron chi connectivity index (χ4n) is 5.11. The first-order valence-corrected chi connectivity index (χ1v) is 15.3. The van der Waals surface area contributed by atoms with Gasteiger partial charge in [-0.1, -0.05) is 30.3 Å². The largest absolute Gasteiger partial charge is 0.496 e. The zero-order valence-electron chi connectivity index (χ0n) is 24.0. The van der Waals surface area contributed by atoms with E-state index in [9.17, 15) is 28.1 Å². The molecule has 220 valence electrons. The van der Waals surface area contributed by atoms with E-state index in [2.05, 4.69) is 10.6 Å². The minimum Gasteiger partial charge on any atom is -0.496 e. The molecule has 12 heteroatoms. The maximum atomic E-state index is 14.4. The average Bonchev–Trinajstić information content (AvgIpc) is 3.04. The Morgan fingerprint density at radius 3 is 2.48 bits per heavy atom. The molecule has 0 radical (unpaired) electrons. The Morgan fingerprint density at radius 1 is 1.12 bits per heavy atom. The molecule has 3 atom stereocenters. The molecule has 3 aromatic rings. The third kappa shape index (κ3) is 6.07. The summed E-state index contributed by atoms with van der Waals surface area (Å²) in [4.78, 5) is 43.7. The second kappa shape index (κ2) is 12.2. The number of ether oxygens (including phenoxy) is 1. The quantitative estimate of drug-likeness (QED) is 0.405. The van der Waals surface area contributed by atoms with E-state index < -0.39 is 51.4 Å². The molecule has 4 rings (SSSR count). The smallest absolute Gasteiger partial charge is 0.252 e. The Morgan fingerprint density at radius 2 is 1.83 bits per heavy atom. The van der Waals surface area contributed by atoms with Crippen molar-refractivity contribution in [1.82, 2.24) is 10.6 Å². The number of carbonyl (C=O) groups is 3. The predicted octanol–water partition coefficient (Wildman–Crippen LogP) is 2.13. The monoisotopic (exact) mass is 591 g/mol. The van der Waals surface area contributed by atoms with Crippen LogP contribution in [0.2, 0.25) is 0 Å². The molecule has 1 heterocycles. The van der Waals surface area contributed by atoms with Crippen molar-refractivity contribution >= 4 is 49.7 Å². The van der Waals surface area contributed by atoms with Crippen LogP contribution in [-0.2, 0) is 30.8 Å². The van der Waals surface area contributed by atoms with Crippen LogP contribution in [0.1, 0.15) is 25.0 Å². The van der Waals surface area contributed by atoms with E-state index in [0.29, 0.717) is 11.3 Å². The molecule has 0 unspecified atom stereocenters. The summed E-state index contributed by atoms with van der Waals surface area (Å²) in [6.07, 6.45) is 0.943. The third-order valence-electron chi connectivity index (χ3n) is 7.39. The van der Waals surface area contributed by atoms with Crippen LogP contribution in [0, 0.1) is 11.3 Å². The van der Waals surface area contributed by atoms with Gasteiger partial charge in [0.15, 0.2) is 9.84 Å². The van der Waals surface area contributed by atoms with Crippen LogP contribution in [-0.4, -0.2) is 70.4 Å². The second-order valence-electron chi connectivity index (χ2n) is 10.3. The zero-order valence-corrected chi connectivity index (χ0v) is 24.9. The lowest BCUT2D eigenvalue weighted by Gasteiger charge is -2.32. The Hall–Kier alpha value is -4.47. The molecule has 0 fully saturated rings. The van der Waals surface area contributed by atoms with Crippen molar-refractivity contribution in [3.63, 3.8) is 0 Å². The van der Waals surface area contributed by atoms with Gasteiger partial charge in [-0.2, -0.15) is 5.26 Å². The number of rotatable bonds is 8. The van der Waals surface area contributed by atoms with Crippen LogP contribution in [0.3, 0.4) is 0 Å². The van der Waals surface area contributed by atoms with Crippen molar-refractivity contribution in [3.05, 3.63) is 65.7 Å². The van der Waals surface area contributed by atoms with Gasteiger partial charge < -0.3 is 25.2 Å². The second-order valence-corrected chi connectivity index (χ2v) is 12.4. The Labute approximate surface area is 245 Å². The Balaban J connectivity index is 1.97. The molecule has 0 aliphatic carbocycles. The van der Waals surface area contributed by atoms with Crippen LogP contribution in [0.5, 0.6) is 5.75 Å². The van der Waals surface area contributed by atoms with Gasteiger partial charge in [0.1, 0.15) is 17.5 Å². The molecule has 2 N–H and O–H groups in total. The standard InChI is InChI=1S/C30H33N5O6S/c1-18(32-3)29(37)33-28-19(2)35(27(36)17-42(5,39)40)25-14-20(15-31)10-12-24(25)34(30(28)38)16-23-22-9-7-6-8-21(22)11-13-26(23)41-4/h6-14,18-19,28,32H,16-17H2,1-5H3,(H,33,37)/t18-,19-,28-/m0/s1. The topological polar surface area (TPSA) is 149 Å². The lowest BCUT2D eigenvalue weighted by Crippen LogP contribution is -2.60. The summed E-state index contributed by atoms with van der Waals surface area (Å²) in [7, 11) is -0.633. The van der Waals surface area contributed by atoms with E-state index in [1.807, 2.05) is 36.4 Å². The number of carbonyl (C=O) groups excluding carboxylic acids is 3. The number of fused-ring (bicyclic) bond motifs is 2. The fourth-order valence-corrected chi connectivity index (χ4v) is 5.70. The van der Waals surface area contributed by atoms with Gasteiger partial charge in [-0.05, 0) is 55.9 Å². The van der Waals surface area contributed by atoms with Crippen molar-refractivity contribution in [1.29, 1.82) is 5.26 Å². The lowest BCUT2D eigenvalue weighted by molar-refractivity contribution is -0.129. The van der Waals surface area contributed by atoms with Crippen molar-refractivity contribution in [2.24, 2.45) is 0 Å². The maximum Gasteiger partial charge on any atom is 0.252 e. The molecule has 0 aromatic heterocycles. The first kappa shape index (κ1) is 30.5. The summed E-state index contributed by atoms with van der Waals surface area (Å²) in [5.41, 5.74) is 1.36. The summed E-state index contributed by atoms with van der Waals surface area (Å²) in [6, 6.07) is 15.0. The predicted molar refractivity (Wildman–Crippen MR) is 160 cm³/mol. The van der Waals surface area contributed by atoms with E-state index in [1.54, 1.807) is 33.0 Å². The van der Waals surface area contributed by atoms with Gasteiger partial charge in [-0.25, -0.2) is 8.42 Å². The van der Waals surface area contributed by atoms with Gasteiger partial charge >= 0.3 is 0 Å². The van der Waals surface area contributed by atoms with Crippen LogP contribution < -0.4 is 25.2 Å². The number of nitrogens with one attached hydrogen (secondary N) is 2. The fraction of sp³-hybridized carbons (Fsp3) is 0.333. The van der Waals surface area contributed by atoms with E-state index in [-0.39, 0.29) is 23.5 Å². The number of nitrogens with zero attached hydrogens (tertiary/aromatic N) is 3. The SMILES string of the molecule is CN[C@@H](C)C(=O)N[C@@H]1C(=O)N(Cc2c(OC)ccc3ccccc23)c2ccc(C#N)cc2N(C(=O)CS(C)(=O)=O)[C@H]1C. The third-order valence-corrected chi connectivity index (χ3v) is 8.16. The van der Waals surface area contributed by atoms with Gasteiger partial charge in [0.2, 0.25) is 11.8 Å². The molecular weight excluding hydrogens is 558 g/mol. The van der Waals surface area contributed by atoms with Crippen molar-refractivity contribution in [3.8, 4) is 11.8 Å². The summed E-state index contributed by atoms with van der Waals surface area (Å²) < 4.78 is 30.1. The van der Waals surface area contributed by atoms with Crippen LogP contribution in [0.15, 0.2) is 54.6 Å². The van der Waals surface area contributed by atoms with Crippen molar-refractivity contribution in [2.45, 2.75) is 38.5 Å². The van der Waals surface area contributed by atoms with E-state index in [0.717, 1.165) is 17.0 Å². The molecular formula is C30H33N5O6S. The average molecular weight is 592 g/mol. The number of hydrogen-bond donors (Lipinski definition) is 2. The van der Waals surface area contributed by atoms with Gasteiger partial charge in [0, 0.05) is 11.8 Å². The first-order chi connectivity index (χ1) is 19.9. The normalized spacial score (nSPS) is 17.7. The molecule has 0 saturated heterocycles. The summed E-state index contributed by atoms with van der Waals surface area (Å²) >= 11 is 0. The van der Waals surface area contributed by atoms with Gasteiger partial charge in [-0.3, -0.25) is 14.4 Å². The number of methoxy groups -OCH3 is 1. The number of hydrogen-bond acceptors (Lipinski definition) is 8. The number of sulfone groups is 1. The summed E-state index contributed by atoms with van der Waals surface area (Å²) in [6.45, 7) is 3.19. The van der Waals surface area contributed by atoms with Gasteiger partial charge in [-0.15, -0.1) is 0 Å². The molecule has 0 bridgehead atoms. The minimum atomic E-state index is -3.76. The van der Waals surface area contributed by atoms with Crippen molar-refractivity contribution in [2.75, 3.05) is 36.0 Å². The number of amides is 3. The minimum absolute atomic E-state index is 0.00294. The van der Waals surface area contributed by atoms with Crippen LogP contribution in [0.25, 0.3) is 10.8 Å².